The molecular weight excluding hydrogens is 428 g/mol. The molecule has 1 aliphatic rings. The highest BCUT2D eigenvalue weighted by Crippen LogP contribution is 2.41. The van der Waals surface area contributed by atoms with E-state index in [4.69, 9.17) is 4.98 Å². The molecule has 0 amide bonds. The number of carbonyl (C=O) groups is 1. The molecular formula is C22H24N6OS2. The second-order valence-corrected chi connectivity index (χ2v) is 10.2. The van der Waals surface area contributed by atoms with Gasteiger partial charge in [0.05, 0.1) is 28.3 Å². The lowest BCUT2D eigenvalue weighted by molar-refractivity contribution is -0.112. The zero-order valence-corrected chi connectivity index (χ0v) is 19.1. The number of nitrogens with zero attached hydrogens (tertiary/aromatic N) is 5. The molecule has 0 saturated heterocycles. The number of nitrogens with one attached hydrogen (secondary N) is 1. The van der Waals surface area contributed by atoms with Crippen molar-refractivity contribution in [3.8, 4) is 21.0 Å². The fraction of sp³-hybridized carbons (Fsp3) is 0.409. The Balaban J connectivity index is 1.52. The molecule has 1 N–H and O–H groups in total. The van der Waals surface area contributed by atoms with Gasteiger partial charge in [0.15, 0.2) is 0 Å². The van der Waals surface area contributed by atoms with Crippen LogP contribution in [0.2, 0.25) is 0 Å². The van der Waals surface area contributed by atoms with Crippen LogP contribution in [-0.4, -0.2) is 37.3 Å². The molecule has 4 aromatic heterocycles. The highest BCUT2D eigenvalue weighted by atomic mass is 32.1. The number of anilines is 1. The van der Waals surface area contributed by atoms with Crippen molar-refractivity contribution in [3.63, 3.8) is 0 Å². The van der Waals surface area contributed by atoms with Crippen LogP contribution in [-0.2, 0) is 4.79 Å². The van der Waals surface area contributed by atoms with E-state index in [2.05, 4.69) is 40.5 Å². The van der Waals surface area contributed by atoms with Crippen LogP contribution in [0, 0.1) is 5.92 Å². The van der Waals surface area contributed by atoms with Crippen LogP contribution in [0.15, 0.2) is 30.2 Å². The predicted octanol–water partition coefficient (Wildman–Crippen LogP) is 5.43. The van der Waals surface area contributed by atoms with Crippen molar-refractivity contribution >= 4 is 44.9 Å². The van der Waals surface area contributed by atoms with Gasteiger partial charge in [-0.05, 0) is 45.6 Å². The number of aldehydes is 1. The lowest BCUT2D eigenvalue weighted by atomic mass is 9.87. The SMILES string of the molecule is CC(C)Nc1c(-c2cn([C@H]3CC[C@H](C=O)CC3)nn2)cnc2sc(-c3cncs3)cc12. The van der Waals surface area contributed by atoms with Gasteiger partial charge in [-0.2, -0.15) is 0 Å². The van der Waals surface area contributed by atoms with Crippen LogP contribution in [0.5, 0.6) is 0 Å². The summed E-state index contributed by atoms with van der Waals surface area (Å²) in [7, 11) is 0. The molecule has 4 aromatic rings. The van der Waals surface area contributed by atoms with Crippen molar-refractivity contribution in [2.45, 2.75) is 51.6 Å². The molecule has 0 unspecified atom stereocenters. The van der Waals surface area contributed by atoms with Gasteiger partial charge in [0.25, 0.3) is 0 Å². The van der Waals surface area contributed by atoms with Gasteiger partial charge in [-0.1, -0.05) is 5.21 Å². The molecule has 7 nitrogen and oxygen atoms in total. The van der Waals surface area contributed by atoms with Crippen molar-refractivity contribution in [3.05, 3.63) is 30.2 Å². The Kier molecular flexibility index (Phi) is 5.54. The Morgan fingerprint density at radius 3 is 2.74 bits per heavy atom. The average molecular weight is 453 g/mol. The molecule has 1 saturated carbocycles. The summed E-state index contributed by atoms with van der Waals surface area (Å²) >= 11 is 3.32. The molecule has 4 heterocycles. The zero-order chi connectivity index (χ0) is 21.4. The molecule has 0 atom stereocenters. The maximum atomic E-state index is 11.1. The molecule has 1 fully saturated rings. The molecule has 160 valence electrons. The van der Waals surface area contributed by atoms with Crippen LogP contribution in [0.4, 0.5) is 5.69 Å². The van der Waals surface area contributed by atoms with Gasteiger partial charge in [-0.25, -0.2) is 9.67 Å². The highest BCUT2D eigenvalue weighted by molar-refractivity contribution is 7.25. The number of hydrogen-bond acceptors (Lipinski definition) is 8. The normalized spacial score (nSPS) is 19.2. The third-order valence-corrected chi connectivity index (χ3v) is 7.78. The van der Waals surface area contributed by atoms with Gasteiger partial charge >= 0.3 is 0 Å². The molecule has 1 aliphatic carbocycles. The van der Waals surface area contributed by atoms with Gasteiger partial charge in [0.2, 0.25) is 0 Å². The van der Waals surface area contributed by atoms with Crippen LogP contribution < -0.4 is 5.32 Å². The highest BCUT2D eigenvalue weighted by Gasteiger charge is 2.24. The monoisotopic (exact) mass is 452 g/mol. The fourth-order valence-electron chi connectivity index (χ4n) is 4.17. The molecule has 0 radical (unpaired) electrons. The van der Waals surface area contributed by atoms with E-state index in [1.807, 2.05) is 28.8 Å². The molecule has 5 rings (SSSR count). The maximum Gasteiger partial charge on any atom is 0.125 e. The van der Waals surface area contributed by atoms with E-state index in [0.717, 1.165) is 64.0 Å². The van der Waals surface area contributed by atoms with Gasteiger partial charge in [-0.15, -0.1) is 27.8 Å². The third kappa shape index (κ3) is 3.99. The summed E-state index contributed by atoms with van der Waals surface area (Å²) in [6.07, 6.45) is 10.7. The zero-order valence-electron chi connectivity index (χ0n) is 17.5. The smallest absolute Gasteiger partial charge is 0.125 e. The number of carbonyl (C=O) groups excluding carboxylic acids is 1. The average Bonchev–Trinajstić information content (AvgIpc) is 3.53. The minimum absolute atomic E-state index is 0.194. The molecule has 9 heteroatoms. The largest absolute Gasteiger partial charge is 0.382 e. The Bertz CT molecular complexity index is 1190. The number of rotatable bonds is 6. The van der Waals surface area contributed by atoms with Crippen LogP contribution in [0.3, 0.4) is 0 Å². The van der Waals surface area contributed by atoms with E-state index in [-0.39, 0.29) is 12.0 Å². The first-order chi connectivity index (χ1) is 15.1. The summed E-state index contributed by atoms with van der Waals surface area (Å²) in [6, 6.07) is 2.76. The molecule has 0 aromatic carbocycles. The minimum atomic E-state index is 0.194. The van der Waals surface area contributed by atoms with Crippen LogP contribution >= 0.6 is 22.7 Å². The number of fused-ring (bicyclic) bond motifs is 1. The van der Waals surface area contributed by atoms with Crippen LogP contribution in [0.25, 0.3) is 31.2 Å². The summed E-state index contributed by atoms with van der Waals surface area (Å²) in [6.45, 7) is 4.27. The lowest BCUT2D eigenvalue weighted by Gasteiger charge is -2.24. The van der Waals surface area contributed by atoms with E-state index in [0.29, 0.717) is 6.04 Å². The summed E-state index contributed by atoms with van der Waals surface area (Å²) in [4.78, 5) is 23.3. The summed E-state index contributed by atoms with van der Waals surface area (Å²) < 4.78 is 1.97. The molecule has 0 bridgehead atoms. The first-order valence-electron chi connectivity index (χ1n) is 10.6. The molecule has 0 spiro atoms. The Hall–Kier alpha value is -2.65. The Labute approximate surface area is 188 Å². The number of pyridine rings is 1. The van der Waals surface area contributed by atoms with E-state index in [1.54, 1.807) is 22.7 Å². The van der Waals surface area contributed by atoms with E-state index in [9.17, 15) is 4.79 Å². The first-order valence-corrected chi connectivity index (χ1v) is 12.3. The first kappa shape index (κ1) is 20.3. The number of aromatic nitrogens is 5. The second kappa shape index (κ2) is 8.47. The van der Waals surface area contributed by atoms with Gasteiger partial charge in [0, 0.05) is 40.2 Å². The predicted molar refractivity (Wildman–Crippen MR) is 126 cm³/mol. The molecule has 0 aliphatic heterocycles. The quantitative estimate of drug-likeness (QED) is 0.393. The summed E-state index contributed by atoms with van der Waals surface area (Å²) in [5, 5.41) is 13.6. The van der Waals surface area contributed by atoms with Gasteiger partial charge in [-0.3, -0.25) is 4.98 Å². The summed E-state index contributed by atoms with van der Waals surface area (Å²) in [5.41, 5.74) is 4.68. The summed E-state index contributed by atoms with van der Waals surface area (Å²) in [5.74, 6) is 0.194. The second-order valence-electron chi connectivity index (χ2n) is 8.33. The van der Waals surface area contributed by atoms with Crippen molar-refractivity contribution < 1.29 is 4.79 Å². The Morgan fingerprint density at radius 1 is 1.19 bits per heavy atom. The van der Waals surface area contributed by atoms with Gasteiger partial charge < -0.3 is 10.1 Å². The third-order valence-electron chi connectivity index (χ3n) is 5.76. The van der Waals surface area contributed by atoms with Crippen molar-refractivity contribution in [2.24, 2.45) is 5.92 Å². The fourth-order valence-corrected chi connectivity index (χ4v) is 5.88. The van der Waals surface area contributed by atoms with Crippen molar-refractivity contribution in [2.75, 3.05) is 5.32 Å². The standard InChI is InChI=1S/C22H24N6OS2/c1-13(2)25-21-16-7-19(20-9-23-12-30-20)31-22(16)24-8-17(21)18-10-28(27-26-18)15-5-3-14(11-29)4-6-15/h7-15H,3-6H2,1-2H3,(H,24,25)/t14-,15-. The number of thiophene rings is 1. The lowest BCUT2D eigenvalue weighted by Crippen LogP contribution is -2.19. The molecule has 31 heavy (non-hydrogen) atoms. The number of hydrogen-bond donors (Lipinski definition) is 1. The van der Waals surface area contributed by atoms with Crippen molar-refractivity contribution in [1.82, 2.24) is 25.0 Å². The Morgan fingerprint density at radius 2 is 2.03 bits per heavy atom. The van der Waals surface area contributed by atoms with Crippen LogP contribution in [0.1, 0.15) is 45.6 Å². The van der Waals surface area contributed by atoms with Crippen molar-refractivity contribution in [1.29, 1.82) is 0 Å². The van der Waals surface area contributed by atoms with E-state index < -0.39 is 0 Å². The van der Waals surface area contributed by atoms with E-state index in [1.165, 1.54) is 4.88 Å². The van der Waals surface area contributed by atoms with E-state index >= 15 is 0 Å². The van der Waals surface area contributed by atoms with Gasteiger partial charge in [0.1, 0.15) is 16.8 Å². The number of thiazole rings is 1. The topological polar surface area (TPSA) is 85.6 Å². The maximum absolute atomic E-state index is 11.1. The minimum Gasteiger partial charge on any atom is -0.382 e.